The minimum Gasteiger partial charge on any atom is -0.436 e. The van der Waals surface area contributed by atoms with Crippen molar-refractivity contribution in [2.75, 3.05) is 6.26 Å². The van der Waals surface area contributed by atoms with Crippen LogP contribution in [0.2, 0.25) is 0 Å². The molecule has 8 nitrogen and oxygen atoms in total. The molecule has 0 fully saturated rings. The van der Waals surface area contributed by atoms with Gasteiger partial charge >= 0.3 is 5.69 Å². The highest BCUT2D eigenvalue weighted by Gasteiger charge is 2.15. The molecule has 31 heavy (non-hydrogen) atoms. The maximum Gasteiger partial charge on any atom is 0.351 e. The molecule has 2 aromatic heterocycles. The Morgan fingerprint density at radius 2 is 1.87 bits per heavy atom. The van der Waals surface area contributed by atoms with E-state index in [2.05, 4.69) is 15.4 Å². The third kappa shape index (κ3) is 4.77. The van der Waals surface area contributed by atoms with Crippen molar-refractivity contribution >= 4 is 23.3 Å². The van der Waals surface area contributed by atoms with Gasteiger partial charge in [-0.25, -0.2) is 18.9 Å². The molecular weight excluding hydrogens is 414 g/mol. The second-order valence-electron chi connectivity index (χ2n) is 6.91. The molecule has 0 saturated heterocycles. The van der Waals surface area contributed by atoms with E-state index in [9.17, 15) is 9.59 Å². The molecule has 1 N–H and O–H groups in total. The zero-order valence-corrected chi connectivity index (χ0v) is 17.9. The number of nitrogens with one attached hydrogen (secondary N) is 1. The van der Waals surface area contributed by atoms with Crippen LogP contribution < -0.4 is 15.7 Å². The van der Waals surface area contributed by atoms with Crippen LogP contribution in [0, 0.1) is 6.92 Å². The summed E-state index contributed by atoms with van der Waals surface area (Å²) in [6.45, 7) is 2.15. The molecular formula is C22H21N5O3S. The molecule has 158 valence electrons. The van der Waals surface area contributed by atoms with E-state index in [0.717, 1.165) is 20.7 Å². The summed E-state index contributed by atoms with van der Waals surface area (Å²) in [5.41, 5.74) is 1.89. The van der Waals surface area contributed by atoms with Crippen LogP contribution in [-0.2, 0) is 17.9 Å². The number of hydrogen-bond donors (Lipinski definition) is 1. The lowest BCUT2D eigenvalue weighted by Gasteiger charge is -2.06. The van der Waals surface area contributed by atoms with Gasteiger partial charge in [0.2, 0.25) is 11.6 Å². The van der Waals surface area contributed by atoms with Gasteiger partial charge in [0.1, 0.15) is 12.3 Å². The van der Waals surface area contributed by atoms with Crippen LogP contribution in [0.25, 0.3) is 5.65 Å². The van der Waals surface area contributed by atoms with Crippen molar-refractivity contribution in [1.82, 2.24) is 24.5 Å². The molecule has 0 atom stereocenters. The van der Waals surface area contributed by atoms with Crippen LogP contribution in [0.3, 0.4) is 0 Å². The van der Waals surface area contributed by atoms with Gasteiger partial charge < -0.3 is 10.1 Å². The van der Waals surface area contributed by atoms with Crippen LogP contribution in [0.5, 0.6) is 11.6 Å². The normalized spacial score (nSPS) is 10.9. The Kier molecular flexibility index (Phi) is 6.03. The monoisotopic (exact) mass is 435 g/mol. The fourth-order valence-corrected chi connectivity index (χ4v) is 3.36. The number of nitrogens with zero attached hydrogens (tertiary/aromatic N) is 4. The van der Waals surface area contributed by atoms with E-state index < -0.39 is 5.69 Å². The Hall–Kier alpha value is -3.59. The number of ether oxygens (including phenoxy) is 1. The fraction of sp³-hybridized carbons (Fsp3) is 0.182. The molecule has 0 aliphatic carbocycles. The summed E-state index contributed by atoms with van der Waals surface area (Å²) >= 11 is 1.66. The summed E-state index contributed by atoms with van der Waals surface area (Å²) < 4.78 is 8.21. The predicted octanol–water partition coefficient (Wildman–Crippen LogP) is 3.03. The highest BCUT2D eigenvalue weighted by atomic mass is 32.2. The molecule has 2 heterocycles. The van der Waals surface area contributed by atoms with Crippen molar-refractivity contribution in [3.63, 3.8) is 0 Å². The highest BCUT2D eigenvalue weighted by Crippen LogP contribution is 2.22. The molecule has 4 rings (SSSR count). The van der Waals surface area contributed by atoms with Crippen LogP contribution >= 0.6 is 11.8 Å². The largest absolute Gasteiger partial charge is 0.436 e. The zero-order valence-electron chi connectivity index (χ0n) is 17.1. The van der Waals surface area contributed by atoms with Crippen molar-refractivity contribution in [1.29, 1.82) is 0 Å². The van der Waals surface area contributed by atoms with Gasteiger partial charge in [-0.15, -0.1) is 16.9 Å². The number of hydrogen-bond acceptors (Lipinski definition) is 6. The zero-order chi connectivity index (χ0) is 21.8. The van der Waals surface area contributed by atoms with E-state index in [1.165, 1.54) is 16.8 Å². The number of benzene rings is 2. The Bertz CT molecular complexity index is 1260. The standard InChI is InChI=1S/C22H21N5O3S/c1-15-3-7-17(8-4-15)30-21-20-25-27(22(29)26(20)12-11-23-21)14-19(28)24-13-16-5-9-18(31-2)10-6-16/h3-12H,13-14H2,1-2H3,(H,24,28). The lowest BCUT2D eigenvalue weighted by Crippen LogP contribution is -2.32. The third-order valence-corrected chi connectivity index (χ3v) is 5.39. The highest BCUT2D eigenvalue weighted by molar-refractivity contribution is 7.98. The quantitative estimate of drug-likeness (QED) is 0.449. The average Bonchev–Trinajstić information content (AvgIpc) is 3.10. The van der Waals surface area contributed by atoms with Gasteiger partial charge in [0, 0.05) is 23.8 Å². The van der Waals surface area contributed by atoms with Gasteiger partial charge in [0.05, 0.1) is 0 Å². The second kappa shape index (κ2) is 9.05. The Labute approximate surface area is 182 Å². The molecule has 0 saturated carbocycles. The molecule has 0 radical (unpaired) electrons. The van der Waals surface area contributed by atoms with Gasteiger partial charge in [0.15, 0.2) is 0 Å². The molecule has 0 bridgehead atoms. The molecule has 1 amide bonds. The van der Waals surface area contributed by atoms with E-state index >= 15 is 0 Å². The Morgan fingerprint density at radius 1 is 1.13 bits per heavy atom. The lowest BCUT2D eigenvalue weighted by atomic mass is 10.2. The lowest BCUT2D eigenvalue weighted by molar-refractivity contribution is -0.122. The Morgan fingerprint density at radius 3 is 2.58 bits per heavy atom. The number of amides is 1. The maximum absolute atomic E-state index is 12.7. The van der Waals surface area contributed by atoms with E-state index in [-0.39, 0.29) is 24.0 Å². The first-order chi connectivity index (χ1) is 15.0. The topological polar surface area (TPSA) is 90.5 Å². The van der Waals surface area contributed by atoms with Crippen LogP contribution in [0.15, 0.2) is 70.6 Å². The smallest absolute Gasteiger partial charge is 0.351 e. The van der Waals surface area contributed by atoms with E-state index in [1.807, 2.05) is 61.7 Å². The number of carbonyl (C=O) groups is 1. The number of aromatic nitrogens is 4. The number of rotatable bonds is 7. The summed E-state index contributed by atoms with van der Waals surface area (Å²) in [7, 11) is 0. The number of fused-ring (bicyclic) bond motifs is 1. The average molecular weight is 436 g/mol. The van der Waals surface area contributed by atoms with Gasteiger partial charge in [-0.1, -0.05) is 29.8 Å². The van der Waals surface area contributed by atoms with Crippen molar-refractivity contribution in [3.8, 4) is 11.6 Å². The number of aryl methyl sites for hydroxylation is 1. The molecule has 0 unspecified atom stereocenters. The molecule has 0 aliphatic heterocycles. The van der Waals surface area contributed by atoms with E-state index in [4.69, 9.17) is 4.74 Å². The fourth-order valence-electron chi connectivity index (χ4n) is 2.95. The first kappa shape index (κ1) is 20.7. The summed E-state index contributed by atoms with van der Waals surface area (Å²) in [5, 5.41) is 7.07. The summed E-state index contributed by atoms with van der Waals surface area (Å²) in [5.74, 6) is 0.461. The van der Waals surface area contributed by atoms with E-state index in [0.29, 0.717) is 12.3 Å². The first-order valence-corrected chi connectivity index (χ1v) is 10.8. The third-order valence-electron chi connectivity index (χ3n) is 4.65. The van der Waals surface area contributed by atoms with Crippen molar-refractivity contribution in [3.05, 3.63) is 82.5 Å². The molecule has 2 aromatic carbocycles. The predicted molar refractivity (Wildman–Crippen MR) is 119 cm³/mol. The first-order valence-electron chi connectivity index (χ1n) is 9.62. The van der Waals surface area contributed by atoms with Crippen LogP contribution in [0.1, 0.15) is 11.1 Å². The molecule has 4 aromatic rings. The molecule has 0 spiro atoms. The van der Waals surface area contributed by atoms with Gasteiger partial charge in [-0.05, 0) is 43.0 Å². The van der Waals surface area contributed by atoms with Crippen LogP contribution in [0.4, 0.5) is 0 Å². The van der Waals surface area contributed by atoms with Crippen molar-refractivity contribution in [2.24, 2.45) is 0 Å². The van der Waals surface area contributed by atoms with Crippen molar-refractivity contribution < 1.29 is 9.53 Å². The maximum atomic E-state index is 12.7. The minimum absolute atomic E-state index is 0.191. The molecule has 9 heteroatoms. The summed E-state index contributed by atoms with van der Waals surface area (Å²) in [6.07, 6.45) is 4.97. The number of carbonyl (C=O) groups excluding carboxylic acids is 1. The number of thioether (sulfide) groups is 1. The van der Waals surface area contributed by atoms with Gasteiger partial charge in [-0.2, -0.15) is 0 Å². The summed E-state index contributed by atoms with van der Waals surface area (Å²) in [6, 6.07) is 15.4. The summed E-state index contributed by atoms with van der Waals surface area (Å²) in [4.78, 5) is 30.4. The van der Waals surface area contributed by atoms with Gasteiger partial charge in [0.25, 0.3) is 5.88 Å². The van der Waals surface area contributed by atoms with Crippen LogP contribution in [-0.4, -0.2) is 31.3 Å². The second-order valence-corrected chi connectivity index (χ2v) is 7.79. The SMILES string of the molecule is CSc1ccc(CNC(=O)Cn2nc3c(Oc4ccc(C)cc4)nccn3c2=O)cc1. The molecule has 0 aliphatic rings. The minimum atomic E-state index is -0.439. The van der Waals surface area contributed by atoms with Gasteiger partial charge in [-0.3, -0.25) is 4.79 Å². The van der Waals surface area contributed by atoms with Crippen molar-refractivity contribution in [2.45, 2.75) is 24.9 Å². The van der Waals surface area contributed by atoms with E-state index in [1.54, 1.807) is 11.8 Å². The Balaban J connectivity index is 1.48.